The number of hydrogen-bond acceptors (Lipinski definition) is 9. The van der Waals surface area contributed by atoms with Crippen molar-refractivity contribution in [2.75, 3.05) is 26.2 Å². The van der Waals surface area contributed by atoms with Crippen molar-refractivity contribution < 1.29 is 33.6 Å². The maximum absolute atomic E-state index is 13.3. The number of hydrogen-bond donors (Lipinski definition) is 1. The van der Waals surface area contributed by atoms with E-state index in [1.165, 1.54) is 34.1 Å². The van der Waals surface area contributed by atoms with E-state index in [9.17, 15) is 24.3 Å². The lowest BCUT2D eigenvalue weighted by Crippen LogP contribution is -2.56. The molecular weight excluding hydrogens is 676 g/mol. The second-order valence-corrected chi connectivity index (χ2v) is 15.8. The number of carbonyl (C=O) groups excluding carboxylic acids is 2. The standard InChI is InChI=1S/C42H56N2O9/c1-10-43(11-2)38(48)50-35-23-33-27(15-16-31(35)45)20-29-25-40(6,7)17-14-18-41(8)28(22-37(47)42(29,9)53-33)21-30-26(5)19-32(46)36(24-34(30)52-41)51-39(49)44(12-3)13-4/h14-17,19,23-24,28-29,37,47H,10-13,18,20-22,25H2,1-9H3/b17-14+/t28-,29-,37-,41-,42-/m0/s1. The monoisotopic (exact) mass is 732 g/mol. The zero-order valence-corrected chi connectivity index (χ0v) is 32.7. The lowest BCUT2D eigenvalue weighted by molar-refractivity contribution is -0.117. The van der Waals surface area contributed by atoms with Crippen LogP contribution in [-0.4, -0.2) is 70.6 Å². The van der Waals surface area contributed by atoms with Crippen LogP contribution in [0.1, 0.15) is 91.3 Å². The van der Waals surface area contributed by atoms with Gasteiger partial charge in [-0.25, -0.2) is 9.59 Å². The Balaban J connectivity index is 1.55. The molecule has 0 radical (unpaired) electrons. The number of aliphatic hydroxyl groups excluding tert-OH is 1. The van der Waals surface area contributed by atoms with Gasteiger partial charge in [-0.05, 0) is 108 Å². The van der Waals surface area contributed by atoms with Crippen LogP contribution in [0.25, 0.3) is 0 Å². The Morgan fingerprint density at radius 2 is 1.40 bits per heavy atom. The molecular formula is C42H56N2O9. The molecule has 0 aromatic heterocycles. The van der Waals surface area contributed by atoms with E-state index in [0.717, 1.165) is 11.1 Å². The van der Waals surface area contributed by atoms with E-state index in [0.29, 0.717) is 75.3 Å². The van der Waals surface area contributed by atoms with Gasteiger partial charge in [0.1, 0.15) is 22.7 Å². The highest BCUT2D eigenvalue weighted by atomic mass is 16.6. The molecule has 2 aromatic carbocycles. The van der Waals surface area contributed by atoms with Crippen molar-refractivity contribution in [1.29, 1.82) is 0 Å². The van der Waals surface area contributed by atoms with Crippen LogP contribution in [0.3, 0.4) is 0 Å². The molecule has 0 saturated heterocycles. The van der Waals surface area contributed by atoms with Crippen LogP contribution in [0.2, 0.25) is 0 Å². The Bertz CT molecular complexity index is 1870. The number of aliphatic hydroxyl groups is 1. The van der Waals surface area contributed by atoms with Crippen molar-refractivity contribution in [3.05, 3.63) is 79.6 Å². The smallest absolute Gasteiger partial charge is 0.415 e. The van der Waals surface area contributed by atoms with Gasteiger partial charge in [0.2, 0.25) is 10.9 Å². The molecule has 53 heavy (non-hydrogen) atoms. The molecule has 0 fully saturated rings. The molecule has 11 heteroatoms. The summed E-state index contributed by atoms with van der Waals surface area (Å²) in [4.78, 5) is 55.2. The minimum Gasteiger partial charge on any atom is -0.487 e. The Morgan fingerprint density at radius 3 is 2.00 bits per heavy atom. The summed E-state index contributed by atoms with van der Waals surface area (Å²) in [6, 6.07) is 7.65. The molecule has 5 rings (SSSR count). The molecule has 2 heterocycles. The van der Waals surface area contributed by atoms with Gasteiger partial charge in [0, 0.05) is 56.6 Å². The molecule has 5 atom stereocenters. The van der Waals surface area contributed by atoms with Crippen molar-refractivity contribution in [2.45, 2.75) is 112 Å². The maximum atomic E-state index is 13.3. The van der Waals surface area contributed by atoms with Gasteiger partial charge in [-0.3, -0.25) is 9.59 Å². The second-order valence-electron chi connectivity index (χ2n) is 15.8. The molecule has 1 N–H and O–H groups in total. The largest absolute Gasteiger partial charge is 0.487 e. The van der Waals surface area contributed by atoms with Gasteiger partial charge >= 0.3 is 12.2 Å². The predicted octanol–water partition coefficient (Wildman–Crippen LogP) is 6.84. The minimum atomic E-state index is -1.09. The number of allylic oxidation sites excluding steroid dienone is 1. The average Bonchev–Trinajstić information content (AvgIpc) is 3.30. The highest BCUT2D eigenvalue weighted by Gasteiger charge is 2.51. The fourth-order valence-electron chi connectivity index (χ4n) is 8.07. The molecule has 3 aliphatic rings. The predicted molar refractivity (Wildman–Crippen MR) is 203 cm³/mol. The van der Waals surface area contributed by atoms with Crippen LogP contribution in [0.5, 0.6) is 23.0 Å². The van der Waals surface area contributed by atoms with Gasteiger partial charge in [0.15, 0.2) is 11.5 Å². The molecule has 0 saturated carbocycles. The fourth-order valence-corrected chi connectivity index (χ4v) is 8.07. The third-order valence-electron chi connectivity index (χ3n) is 11.6. The van der Waals surface area contributed by atoms with Gasteiger partial charge < -0.3 is 33.9 Å². The molecule has 2 aliphatic heterocycles. The van der Waals surface area contributed by atoms with E-state index < -0.39 is 40.4 Å². The normalized spacial score (nSPS) is 26.3. The quantitative estimate of drug-likeness (QED) is 0.317. The number of rotatable bonds is 6. The number of nitrogens with zero attached hydrogens (tertiary/aromatic N) is 2. The molecule has 2 aromatic rings. The van der Waals surface area contributed by atoms with E-state index in [1.54, 1.807) is 6.07 Å². The average molecular weight is 733 g/mol. The summed E-state index contributed by atoms with van der Waals surface area (Å²) in [6.45, 7) is 19.2. The first-order valence-corrected chi connectivity index (χ1v) is 19.0. The van der Waals surface area contributed by atoms with E-state index in [2.05, 4.69) is 26.0 Å². The van der Waals surface area contributed by atoms with Crippen molar-refractivity contribution in [2.24, 2.45) is 17.3 Å². The fraction of sp³-hybridized carbons (Fsp3) is 0.571. The first-order chi connectivity index (χ1) is 25.0. The van der Waals surface area contributed by atoms with Crippen LogP contribution in [0.15, 0.2) is 52.1 Å². The zero-order valence-electron chi connectivity index (χ0n) is 32.7. The highest BCUT2D eigenvalue weighted by molar-refractivity contribution is 5.71. The third kappa shape index (κ3) is 8.25. The van der Waals surface area contributed by atoms with Crippen LogP contribution >= 0.6 is 0 Å². The van der Waals surface area contributed by atoms with Gasteiger partial charge in [-0.2, -0.15) is 0 Å². The molecule has 2 amide bonds. The first-order valence-electron chi connectivity index (χ1n) is 19.0. The summed E-state index contributed by atoms with van der Waals surface area (Å²) in [5, 5.41) is 12.4. The Labute approximate surface area is 312 Å². The summed E-state index contributed by atoms with van der Waals surface area (Å²) in [5.41, 5.74) is -0.738. The topological polar surface area (TPSA) is 132 Å². The summed E-state index contributed by atoms with van der Waals surface area (Å²) >= 11 is 0. The molecule has 1 aliphatic carbocycles. The SMILES string of the molecule is CCN(CC)C(=O)Oc1cc2c(ccc1=O)C[C@H]1CC(C)(C)/C=C/C[C@]3(C)Oc4cc(OC(=O)N(CC)CC)c(=O)cc(C)c4C[C@H]3C[C@H](O)[C@@]1(C)O2. The number of aryl methyl sites for hydroxylation is 1. The van der Waals surface area contributed by atoms with Crippen molar-refractivity contribution in [3.8, 4) is 23.0 Å². The zero-order chi connectivity index (χ0) is 38.9. The molecule has 0 spiro atoms. The van der Waals surface area contributed by atoms with Gasteiger partial charge in [-0.1, -0.05) is 32.1 Å². The van der Waals surface area contributed by atoms with Crippen LogP contribution < -0.4 is 29.8 Å². The second kappa shape index (κ2) is 15.5. The molecule has 11 nitrogen and oxygen atoms in total. The Morgan fingerprint density at radius 1 is 0.811 bits per heavy atom. The van der Waals surface area contributed by atoms with E-state index in [1.807, 2.05) is 48.5 Å². The van der Waals surface area contributed by atoms with Crippen molar-refractivity contribution in [3.63, 3.8) is 0 Å². The number of amides is 2. The van der Waals surface area contributed by atoms with E-state index in [-0.39, 0.29) is 28.7 Å². The van der Waals surface area contributed by atoms with Crippen LogP contribution in [0, 0.1) is 24.2 Å². The summed E-state index contributed by atoms with van der Waals surface area (Å²) in [5.74, 6) is 0.288. The molecule has 0 bridgehead atoms. The van der Waals surface area contributed by atoms with Gasteiger partial charge in [-0.15, -0.1) is 0 Å². The molecule has 0 unspecified atom stereocenters. The molecule has 288 valence electrons. The lowest BCUT2D eigenvalue weighted by atomic mass is 9.68. The van der Waals surface area contributed by atoms with Crippen molar-refractivity contribution in [1.82, 2.24) is 9.80 Å². The summed E-state index contributed by atoms with van der Waals surface area (Å²) < 4.78 is 24.9. The summed E-state index contributed by atoms with van der Waals surface area (Å²) in [6.07, 6.45) is 4.72. The number of ether oxygens (including phenoxy) is 4. The third-order valence-corrected chi connectivity index (χ3v) is 11.6. The lowest BCUT2D eigenvalue weighted by Gasteiger charge is -2.49. The minimum absolute atomic E-state index is 0.0946. The van der Waals surface area contributed by atoms with Crippen LogP contribution in [0.4, 0.5) is 9.59 Å². The van der Waals surface area contributed by atoms with E-state index in [4.69, 9.17) is 18.9 Å². The Kier molecular flexibility index (Phi) is 11.7. The summed E-state index contributed by atoms with van der Waals surface area (Å²) in [7, 11) is 0. The van der Waals surface area contributed by atoms with Crippen molar-refractivity contribution >= 4 is 12.2 Å². The van der Waals surface area contributed by atoms with Crippen LogP contribution in [-0.2, 0) is 12.8 Å². The number of carbonyl (C=O) groups is 2. The Hall–Kier alpha value is -4.38. The maximum Gasteiger partial charge on any atom is 0.415 e. The number of fused-ring (bicyclic) bond motifs is 4. The highest BCUT2D eigenvalue weighted by Crippen LogP contribution is 2.49. The van der Waals surface area contributed by atoms with Gasteiger partial charge in [0.25, 0.3) is 0 Å². The first kappa shape index (κ1) is 39.8. The van der Waals surface area contributed by atoms with E-state index >= 15 is 0 Å². The van der Waals surface area contributed by atoms with Gasteiger partial charge in [0.05, 0.1) is 6.10 Å².